The zero-order valence-corrected chi connectivity index (χ0v) is 11.2. The summed E-state index contributed by atoms with van der Waals surface area (Å²) in [5.41, 5.74) is 3.54. The van der Waals surface area contributed by atoms with Crippen LogP contribution in [0.4, 0.5) is 17.6 Å². The minimum absolute atomic E-state index is 0.419. The first-order valence-corrected chi connectivity index (χ1v) is 6.21. The smallest absolute Gasteiger partial charge is 0.271 e. The molecule has 1 unspecified atom stereocenters. The van der Waals surface area contributed by atoms with E-state index in [1.807, 2.05) is 0 Å². The summed E-state index contributed by atoms with van der Waals surface area (Å²) in [7, 11) is 0. The minimum Gasteiger partial charge on any atom is -0.271 e. The number of halogens is 4. The molecule has 0 bridgehead atoms. The summed E-state index contributed by atoms with van der Waals surface area (Å²) in [6.07, 6.45) is -4.39. The van der Waals surface area contributed by atoms with Crippen molar-refractivity contribution in [3.05, 3.63) is 70.5 Å². The Morgan fingerprint density at radius 2 is 1.62 bits per heavy atom. The molecular formula is C15H14F4N2. The Labute approximate surface area is 119 Å². The molecule has 0 saturated carbocycles. The van der Waals surface area contributed by atoms with Gasteiger partial charge in [0.2, 0.25) is 0 Å². The van der Waals surface area contributed by atoms with Gasteiger partial charge in [-0.3, -0.25) is 5.84 Å². The van der Waals surface area contributed by atoms with Gasteiger partial charge in [0, 0.05) is 0 Å². The second-order valence-corrected chi connectivity index (χ2v) is 4.78. The SMILES string of the molecule is Cc1cc(F)cc(C(NN)c2ccc(C(F)(F)F)cc2)c1. The molecule has 3 N–H and O–H groups in total. The number of hydrogen-bond donors (Lipinski definition) is 2. The van der Waals surface area contributed by atoms with Crippen LogP contribution in [-0.2, 0) is 6.18 Å². The molecule has 0 aromatic heterocycles. The lowest BCUT2D eigenvalue weighted by Crippen LogP contribution is -2.29. The van der Waals surface area contributed by atoms with E-state index >= 15 is 0 Å². The van der Waals surface area contributed by atoms with Crippen molar-refractivity contribution in [1.82, 2.24) is 5.43 Å². The fourth-order valence-corrected chi connectivity index (χ4v) is 2.18. The van der Waals surface area contributed by atoms with Gasteiger partial charge in [-0.05, 0) is 47.9 Å². The van der Waals surface area contributed by atoms with Crippen molar-refractivity contribution >= 4 is 0 Å². The third-order valence-corrected chi connectivity index (χ3v) is 3.14. The van der Waals surface area contributed by atoms with Crippen LogP contribution in [0.3, 0.4) is 0 Å². The summed E-state index contributed by atoms with van der Waals surface area (Å²) in [5.74, 6) is 5.05. The number of nitrogens with two attached hydrogens (primary N) is 1. The fourth-order valence-electron chi connectivity index (χ4n) is 2.18. The predicted octanol–water partition coefficient (Wildman–Crippen LogP) is 3.71. The molecule has 1 atom stereocenters. The molecule has 0 saturated heterocycles. The maximum Gasteiger partial charge on any atom is 0.416 e. The Bertz CT molecular complexity index is 600. The van der Waals surface area contributed by atoms with Gasteiger partial charge < -0.3 is 0 Å². The van der Waals surface area contributed by atoms with Crippen molar-refractivity contribution in [2.45, 2.75) is 19.1 Å². The molecule has 2 aromatic carbocycles. The molecule has 0 aliphatic rings. The number of rotatable bonds is 3. The lowest BCUT2D eigenvalue weighted by Gasteiger charge is -2.18. The predicted molar refractivity (Wildman–Crippen MR) is 71.7 cm³/mol. The first kappa shape index (κ1) is 15.5. The van der Waals surface area contributed by atoms with E-state index in [1.165, 1.54) is 24.3 Å². The van der Waals surface area contributed by atoms with Crippen molar-refractivity contribution in [1.29, 1.82) is 0 Å². The van der Waals surface area contributed by atoms with E-state index in [9.17, 15) is 17.6 Å². The van der Waals surface area contributed by atoms with Crippen LogP contribution in [-0.4, -0.2) is 0 Å². The zero-order chi connectivity index (χ0) is 15.6. The van der Waals surface area contributed by atoms with Crippen LogP contribution in [0.2, 0.25) is 0 Å². The van der Waals surface area contributed by atoms with Crippen molar-refractivity contribution < 1.29 is 17.6 Å². The number of aryl methyl sites for hydroxylation is 1. The highest BCUT2D eigenvalue weighted by atomic mass is 19.4. The average Bonchev–Trinajstić information content (AvgIpc) is 2.38. The van der Waals surface area contributed by atoms with E-state index < -0.39 is 23.6 Å². The second-order valence-electron chi connectivity index (χ2n) is 4.78. The summed E-state index contributed by atoms with van der Waals surface area (Å²) in [4.78, 5) is 0. The van der Waals surface area contributed by atoms with E-state index in [-0.39, 0.29) is 0 Å². The summed E-state index contributed by atoms with van der Waals surface area (Å²) in [5, 5.41) is 0. The number of hydrazine groups is 1. The molecule has 21 heavy (non-hydrogen) atoms. The molecule has 0 aliphatic heterocycles. The largest absolute Gasteiger partial charge is 0.416 e. The van der Waals surface area contributed by atoms with Crippen molar-refractivity contribution in [3.8, 4) is 0 Å². The molecule has 2 aromatic rings. The lowest BCUT2D eigenvalue weighted by atomic mass is 9.97. The van der Waals surface area contributed by atoms with Crippen LogP contribution in [0.1, 0.15) is 28.3 Å². The Morgan fingerprint density at radius 3 is 2.10 bits per heavy atom. The first-order valence-electron chi connectivity index (χ1n) is 6.21. The van der Waals surface area contributed by atoms with Crippen LogP contribution < -0.4 is 11.3 Å². The highest BCUT2D eigenvalue weighted by Gasteiger charge is 2.30. The molecule has 2 nitrogen and oxygen atoms in total. The molecular weight excluding hydrogens is 284 g/mol. The standard InChI is InChI=1S/C15H14F4N2/c1-9-6-11(8-13(16)7-9)14(21-20)10-2-4-12(5-3-10)15(17,18)19/h2-8,14,21H,20H2,1H3. The topological polar surface area (TPSA) is 38.0 Å². The van der Waals surface area contributed by atoms with Crippen LogP contribution in [0.5, 0.6) is 0 Å². The molecule has 0 radical (unpaired) electrons. The first-order chi connectivity index (χ1) is 9.81. The van der Waals surface area contributed by atoms with Crippen LogP contribution in [0, 0.1) is 12.7 Å². The number of nitrogens with one attached hydrogen (secondary N) is 1. The average molecular weight is 298 g/mol. The number of alkyl halides is 3. The van der Waals surface area contributed by atoms with Gasteiger partial charge in [0.25, 0.3) is 0 Å². The number of hydrogen-bond acceptors (Lipinski definition) is 2. The minimum atomic E-state index is -4.39. The Morgan fingerprint density at radius 1 is 1.00 bits per heavy atom. The summed E-state index contributed by atoms with van der Waals surface area (Å²) < 4.78 is 51.1. The summed E-state index contributed by atoms with van der Waals surface area (Å²) in [6.45, 7) is 1.73. The van der Waals surface area contributed by atoms with Crippen molar-refractivity contribution in [3.63, 3.8) is 0 Å². The Balaban J connectivity index is 2.37. The van der Waals surface area contributed by atoms with Crippen LogP contribution in [0.25, 0.3) is 0 Å². The third-order valence-electron chi connectivity index (χ3n) is 3.14. The van der Waals surface area contributed by atoms with Gasteiger partial charge in [-0.2, -0.15) is 13.2 Å². The van der Waals surface area contributed by atoms with Gasteiger partial charge in [-0.15, -0.1) is 0 Å². The van der Waals surface area contributed by atoms with Gasteiger partial charge in [0.1, 0.15) is 5.82 Å². The van der Waals surface area contributed by atoms with E-state index in [0.717, 1.165) is 12.1 Å². The molecule has 0 aliphatic carbocycles. The Kier molecular flexibility index (Phi) is 4.29. The number of benzene rings is 2. The molecule has 0 spiro atoms. The fraction of sp³-hybridized carbons (Fsp3) is 0.200. The molecule has 0 heterocycles. The highest BCUT2D eigenvalue weighted by molar-refractivity contribution is 5.36. The second kappa shape index (κ2) is 5.83. The van der Waals surface area contributed by atoms with Gasteiger partial charge >= 0.3 is 6.18 Å². The monoisotopic (exact) mass is 298 g/mol. The molecule has 0 fully saturated rings. The highest BCUT2D eigenvalue weighted by Crippen LogP contribution is 2.31. The molecule has 6 heteroatoms. The molecule has 2 rings (SSSR count). The third kappa shape index (κ3) is 3.59. The van der Waals surface area contributed by atoms with Crippen molar-refractivity contribution in [2.75, 3.05) is 0 Å². The van der Waals surface area contributed by atoms with E-state index in [1.54, 1.807) is 13.0 Å². The maximum absolute atomic E-state index is 13.4. The van der Waals surface area contributed by atoms with Crippen LogP contribution >= 0.6 is 0 Å². The normalized spacial score (nSPS) is 13.2. The quantitative estimate of drug-likeness (QED) is 0.515. The van der Waals surface area contributed by atoms with Gasteiger partial charge in [-0.25, -0.2) is 9.82 Å². The summed E-state index contributed by atoms with van der Waals surface area (Å²) >= 11 is 0. The van der Waals surface area contributed by atoms with Gasteiger partial charge in [-0.1, -0.05) is 18.2 Å². The van der Waals surface area contributed by atoms with Crippen LogP contribution in [0.15, 0.2) is 42.5 Å². The van der Waals surface area contributed by atoms with E-state index in [4.69, 9.17) is 5.84 Å². The van der Waals surface area contributed by atoms with Gasteiger partial charge in [0.05, 0.1) is 11.6 Å². The maximum atomic E-state index is 13.4. The van der Waals surface area contributed by atoms with Crippen molar-refractivity contribution in [2.24, 2.45) is 5.84 Å². The molecule has 112 valence electrons. The lowest BCUT2D eigenvalue weighted by molar-refractivity contribution is -0.137. The van der Waals surface area contributed by atoms with Gasteiger partial charge in [0.15, 0.2) is 0 Å². The van der Waals surface area contributed by atoms with E-state index in [2.05, 4.69) is 5.43 Å². The summed E-state index contributed by atoms with van der Waals surface area (Å²) in [6, 6.07) is 8.42. The Hall–Kier alpha value is -1.92. The van der Waals surface area contributed by atoms with E-state index in [0.29, 0.717) is 16.7 Å². The zero-order valence-electron chi connectivity index (χ0n) is 11.2. The molecule has 0 amide bonds.